The first kappa shape index (κ1) is 27.6. The smallest absolute Gasteiger partial charge is 0.0542 e. The maximum absolute atomic E-state index is 3.53. The highest BCUT2D eigenvalue weighted by atomic mass is 32.1. The first-order chi connectivity index (χ1) is 23.3. The number of para-hydroxylation sites is 5. The quantitative estimate of drug-likeness (QED) is 0.189. The predicted molar refractivity (Wildman–Crippen MR) is 204 cm³/mol. The normalized spacial score (nSPS) is 11.6. The fourth-order valence-electron chi connectivity index (χ4n) is 7.53. The minimum absolute atomic E-state index is 1.16. The van der Waals surface area contributed by atoms with Crippen molar-refractivity contribution in [3.63, 3.8) is 0 Å². The SMILES string of the molecule is CS.c1ccc(-n2c3ccc(-n4c5ccccc5c5ccccc54)cc3c3cc(-n4c5ccccc5c5ccccc54)ccc32)cc1. The lowest BCUT2D eigenvalue weighted by Gasteiger charge is -2.10. The molecule has 0 saturated heterocycles. The van der Waals surface area contributed by atoms with Crippen LogP contribution in [0.4, 0.5) is 0 Å². The third kappa shape index (κ3) is 4.08. The van der Waals surface area contributed by atoms with Gasteiger partial charge < -0.3 is 13.7 Å². The van der Waals surface area contributed by atoms with Crippen molar-refractivity contribution in [1.82, 2.24) is 13.7 Å². The Bertz CT molecular complexity index is 2490. The Kier molecular flexibility index (Phi) is 6.44. The van der Waals surface area contributed by atoms with E-state index in [1.54, 1.807) is 6.26 Å². The van der Waals surface area contributed by atoms with E-state index in [-0.39, 0.29) is 0 Å². The number of benzene rings is 7. The molecule has 3 heterocycles. The summed E-state index contributed by atoms with van der Waals surface area (Å²) in [4.78, 5) is 0. The standard InChI is InChI=1S/C42H27N3.CH4S/c1-2-12-28(13-3-1)43-41-24-22-29(44-37-18-8-4-14-31(37)32-15-5-9-19-38(32)44)26-35(41)36-27-30(23-25-42(36)43)45-39-20-10-6-16-33(39)34-17-7-11-21-40(34)45;1-2/h1-27H;2H,1H3. The highest BCUT2D eigenvalue weighted by Crippen LogP contribution is 2.39. The Morgan fingerprint density at radius 1 is 0.277 bits per heavy atom. The van der Waals surface area contributed by atoms with Crippen molar-refractivity contribution in [2.45, 2.75) is 0 Å². The molecule has 3 nitrogen and oxygen atoms in total. The van der Waals surface area contributed by atoms with E-state index in [0.717, 1.165) is 17.1 Å². The molecule has 0 saturated carbocycles. The van der Waals surface area contributed by atoms with Crippen LogP contribution in [0.2, 0.25) is 0 Å². The van der Waals surface area contributed by atoms with Gasteiger partial charge in [0.2, 0.25) is 0 Å². The Morgan fingerprint density at radius 3 is 0.957 bits per heavy atom. The maximum Gasteiger partial charge on any atom is 0.0542 e. The van der Waals surface area contributed by atoms with Crippen molar-refractivity contribution < 1.29 is 0 Å². The fourth-order valence-corrected chi connectivity index (χ4v) is 7.53. The Balaban J connectivity index is 0.00000149. The molecule has 10 rings (SSSR count). The molecule has 0 bridgehead atoms. The summed E-state index contributed by atoms with van der Waals surface area (Å²) in [5.74, 6) is 0. The van der Waals surface area contributed by atoms with Gasteiger partial charge in [0.25, 0.3) is 0 Å². The molecule has 0 unspecified atom stereocenters. The van der Waals surface area contributed by atoms with Crippen molar-refractivity contribution in [3.8, 4) is 17.1 Å². The molecule has 7 aromatic carbocycles. The number of aromatic nitrogens is 3. The molecule has 0 atom stereocenters. The van der Waals surface area contributed by atoms with Crippen molar-refractivity contribution in [3.05, 3.63) is 164 Å². The van der Waals surface area contributed by atoms with Crippen LogP contribution < -0.4 is 0 Å². The number of fused-ring (bicyclic) bond motifs is 9. The molecule has 0 N–H and O–H groups in total. The number of thiol groups is 1. The van der Waals surface area contributed by atoms with E-state index in [0.29, 0.717) is 0 Å². The summed E-state index contributed by atoms with van der Waals surface area (Å²) in [5.41, 5.74) is 10.7. The lowest BCUT2D eigenvalue weighted by atomic mass is 10.1. The van der Waals surface area contributed by atoms with E-state index < -0.39 is 0 Å². The number of nitrogens with zero attached hydrogens (tertiary/aromatic N) is 3. The minimum Gasteiger partial charge on any atom is -0.309 e. The molecule has 10 aromatic rings. The van der Waals surface area contributed by atoms with Crippen LogP contribution in [0.25, 0.3) is 82.5 Å². The van der Waals surface area contributed by atoms with Gasteiger partial charge >= 0.3 is 0 Å². The molecule has 0 aliphatic carbocycles. The van der Waals surface area contributed by atoms with Crippen LogP contribution in [0.3, 0.4) is 0 Å². The van der Waals surface area contributed by atoms with Crippen LogP contribution in [-0.2, 0) is 0 Å². The van der Waals surface area contributed by atoms with Crippen molar-refractivity contribution in [2.24, 2.45) is 0 Å². The van der Waals surface area contributed by atoms with Crippen LogP contribution in [0, 0.1) is 0 Å². The van der Waals surface area contributed by atoms with Gasteiger partial charge in [-0.2, -0.15) is 12.6 Å². The van der Waals surface area contributed by atoms with E-state index in [4.69, 9.17) is 0 Å². The van der Waals surface area contributed by atoms with Gasteiger partial charge in [0, 0.05) is 49.4 Å². The maximum atomic E-state index is 3.53. The molecule has 4 heteroatoms. The van der Waals surface area contributed by atoms with E-state index in [1.807, 2.05) is 0 Å². The molecule has 0 aliphatic heterocycles. The molecule has 0 fully saturated rings. The molecule has 0 radical (unpaired) electrons. The van der Waals surface area contributed by atoms with Crippen LogP contribution in [-0.4, -0.2) is 20.0 Å². The molecule has 0 amide bonds. The third-order valence-corrected chi connectivity index (χ3v) is 9.42. The Morgan fingerprint density at radius 2 is 0.574 bits per heavy atom. The lowest BCUT2D eigenvalue weighted by Crippen LogP contribution is -1.96. The zero-order valence-electron chi connectivity index (χ0n) is 25.9. The minimum atomic E-state index is 1.16. The average Bonchev–Trinajstić information content (AvgIpc) is 3.78. The van der Waals surface area contributed by atoms with Gasteiger partial charge in [-0.05, 0) is 79.1 Å². The van der Waals surface area contributed by atoms with E-state index in [2.05, 4.69) is 190 Å². The van der Waals surface area contributed by atoms with E-state index >= 15 is 0 Å². The molecular formula is C43H31N3S. The van der Waals surface area contributed by atoms with Crippen LogP contribution in [0.5, 0.6) is 0 Å². The number of hydrogen-bond donors (Lipinski definition) is 1. The molecule has 3 aromatic heterocycles. The lowest BCUT2D eigenvalue weighted by molar-refractivity contribution is 1.16. The number of hydrogen-bond acceptors (Lipinski definition) is 1. The van der Waals surface area contributed by atoms with Gasteiger partial charge in [0.05, 0.1) is 33.1 Å². The van der Waals surface area contributed by atoms with Crippen molar-refractivity contribution in [1.29, 1.82) is 0 Å². The molecule has 47 heavy (non-hydrogen) atoms. The second-order valence-electron chi connectivity index (χ2n) is 11.8. The van der Waals surface area contributed by atoms with Gasteiger partial charge in [0.15, 0.2) is 0 Å². The monoisotopic (exact) mass is 621 g/mol. The summed E-state index contributed by atoms with van der Waals surface area (Å²) in [6, 6.07) is 59.5. The second-order valence-corrected chi connectivity index (χ2v) is 11.8. The van der Waals surface area contributed by atoms with Gasteiger partial charge in [-0.1, -0.05) is 91.0 Å². The van der Waals surface area contributed by atoms with Gasteiger partial charge in [0.1, 0.15) is 0 Å². The Hall–Kier alpha value is -5.71. The van der Waals surface area contributed by atoms with Crippen LogP contribution in [0.15, 0.2) is 164 Å². The van der Waals surface area contributed by atoms with E-state index in [9.17, 15) is 0 Å². The second kappa shape index (κ2) is 11.0. The molecule has 0 spiro atoms. The average molecular weight is 622 g/mol. The summed E-state index contributed by atoms with van der Waals surface area (Å²) < 4.78 is 7.22. The van der Waals surface area contributed by atoms with Gasteiger partial charge in [-0.15, -0.1) is 0 Å². The highest BCUT2D eigenvalue weighted by molar-refractivity contribution is 7.79. The summed E-state index contributed by atoms with van der Waals surface area (Å²) in [5, 5.41) is 7.55. The zero-order chi connectivity index (χ0) is 31.5. The van der Waals surface area contributed by atoms with E-state index in [1.165, 1.54) is 65.4 Å². The predicted octanol–water partition coefficient (Wildman–Crippen LogP) is 11.5. The van der Waals surface area contributed by atoms with Crippen molar-refractivity contribution >= 4 is 78.0 Å². The Labute approximate surface area is 277 Å². The summed E-state index contributed by atoms with van der Waals surface area (Å²) in [7, 11) is 0. The molecule has 0 aliphatic rings. The van der Waals surface area contributed by atoms with Crippen molar-refractivity contribution in [2.75, 3.05) is 6.26 Å². The molecular weight excluding hydrogens is 591 g/mol. The number of rotatable bonds is 3. The molecule has 224 valence electrons. The summed E-state index contributed by atoms with van der Waals surface area (Å²) in [6.45, 7) is 0. The fraction of sp³-hybridized carbons (Fsp3) is 0.0233. The summed E-state index contributed by atoms with van der Waals surface area (Å²) >= 11 is 3.53. The zero-order valence-corrected chi connectivity index (χ0v) is 26.8. The first-order valence-electron chi connectivity index (χ1n) is 15.9. The first-order valence-corrected chi connectivity index (χ1v) is 16.8. The topological polar surface area (TPSA) is 14.8 Å². The van der Waals surface area contributed by atoms with Gasteiger partial charge in [-0.25, -0.2) is 0 Å². The third-order valence-electron chi connectivity index (χ3n) is 9.42. The summed E-state index contributed by atoms with van der Waals surface area (Å²) in [6.07, 6.45) is 1.69. The largest absolute Gasteiger partial charge is 0.309 e. The van der Waals surface area contributed by atoms with Gasteiger partial charge in [-0.3, -0.25) is 0 Å². The van der Waals surface area contributed by atoms with Crippen LogP contribution >= 0.6 is 12.6 Å². The van der Waals surface area contributed by atoms with Crippen LogP contribution in [0.1, 0.15) is 0 Å². The highest BCUT2D eigenvalue weighted by Gasteiger charge is 2.18.